The van der Waals surface area contributed by atoms with Gasteiger partial charge < -0.3 is 10.8 Å². The van der Waals surface area contributed by atoms with Gasteiger partial charge in [-0.25, -0.2) is 0 Å². The number of hydrogen-bond donors (Lipinski definition) is 2. The maximum atomic E-state index is 11.1. The summed E-state index contributed by atoms with van der Waals surface area (Å²) in [7, 11) is -0.713. The molecule has 0 amide bonds. The van der Waals surface area contributed by atoms with E-state index in [2.05, 4.69) is 0 Å². The molecule has 0 saturated heterocycles. The van der Waals surface area contributed by atoms with Gasteiger partial charge in [-0.05, 0) is 12.8 Å². The molecule has 0 aliphatic heterocycles. The Bertz CT molecular complexity index is 120. The number of hydrogen-bond acceptors (Lipinski definition) is 3. The highest BCUT2D eigenvalue weighted by Gasteiger charge is 1.97. The summed E-state index contributed by atoms with van der Waals surface area (Å²) in [6, 6.07) is 0. The third-order valence-corrected chi connectivity index (χ3v) is 3.06. The Morgan fingerprint density at radius 1 is 1.08 bits per heavy atom. The summed E-state index contributed by atoms with van der Waals surface area (Å²) in [5.74, 6) is 1.39. The maximum Gasteiger partial charge on any atom is 0.0431 e. The van der Waals surface area contributed by atoms with Crippen LogP contribution >= 0.6 is 0 Å². The molecule has 74 valence electrons. The highest BCUT2D eigenvalue weighted by molar-refractivity contribution is 7.84. The summed E-state index contributed by atoms with van der Waals surface area (Å²) in [6.45, 7) is 0.787. The molecule has 0 aliphatic carbocycles. The third kappa shape index (κ3) is 8.17. The van der Waals surface area contributed by atoms with Crippen molar-refractivity contribution in [1.82, 2.24) is 0 Å². The minimum absolute atomic E-state index is 0.270. The van der Waals surface area contributed by atoms with Crippen molar-refractivity contribution >= 4 is 10.8 Å². The van der Waals surface area contributed by atoms with Crippen LogP contribution in [0.2, 0.25) is 0 Å². The molecule has 0 spiro atoms. The van der Waals surface area contributed by atoms with Gasteiger partial charge in [0.1, 0.15) is 0 Å². The Balaban J connectivity index is 3.03. The van der Waals surface area contributed by atoms with Crippen LogP contribution in [0.5, 0.6) is 0 Å². The van der Waals surface area contributed by atoms with E-state index in [0.29, 0.717) is 12.3 Å². The molecule has 0 aromatic heterocycles. The zero-order valence-corrected chi connectivity index (χ0v) is 8.31. The molecule has 0 bridgehead atoms. The molecule has 0 heterocycles. The number of unbranched alkanes of at least 4 members (excludes halogenated alkanes) is 3. The summed E-state index contributed by atoms with van der Waals surface area (Å²) >= 11 is 0. The molecule has 0 aromatic rings. The highest BCUT2D eigenvalue weighted by Crippen LogP contribution is 2.00. The van der Waals surface area contributed by atoms with Gasteiger partial charge in [0.2, 0.25) is 0 Å². The monoisotopic (exact) mass is 193 g/mol. The van der Waals surface area contributed by atoms with E-state index in [9.17, 15) is 4.21 Å². The van der Waals surface area contributed by atoms with Crippen LogP contribution in [0, 0.1) is 0 Å². The van der Waals surface area contributed by atoms with Crippen molar-refractivity contribution in [2.45, 2.75) is 25.7 Å². The van der Waals surface area contributed by atoms with E-state index in [4.69, 9.17) is 10.8 Å². The largest absolute Gasteiger partial charge is 0.396 e. The molecular weight excluding hydrogens is 174 g/mol. The van der Waals surface area contributed by atoms with Gasteiger partial charge in [-0.3, -0.25) is 4.21 Å². The lowest BCUT2D eigenvalue weighted by Gasteiger charge is -1.99. The van der Waals surface area contributed by atoms with Crippen LogP contribution in [-0.4, -0.2) is 34.0 Å². The maximum absolute atomic E-state index is 11.1. The van der Waals surface area contributed by atoms with Crippen molar-refractivity contribution < 1.29 is 9.32 Å². The van der Waals surface area contributed by atoms with E-state index in [-0.39, 0.29) is 6.61 Å². The molecule has 1 atom stereocenters. The van der Waals surface area contributed by atoms with Crippen molar-refractivity contribution in [3.63, 3.8) is 0 Å². The van der Waals surface area contributed by atoms with Gasteiger partial charge in [0.25, 0.3) is 0 Å². The lowest BCUT2D eigenvalue weighted by molar-refractivity contribution is 0.283. The van der Waals surface area contributed by atoms with Gasteiger partial charge in [0.15, 0.2) is 0 Å². The van der Waals surface area contributed by atoms with Crippen LogP contribution in [0.25, 0.3) is 0 Å². The van der Waals surface area contributed by atoms with Crippen LogP contribution in [0.3, 0.4) is 0 Å². The lowest BCUT2D eigenvalue weighted by Crippen LogP contribution is -2.12. The van der Waals surface area contributed by atoms with E-state index in [1.54, 1.807) is 0 Å². The van der Waals surface area contributed by atoms with E-state index in [1.165, 1.54) is 0 Å². The van der Waals surface area contributed by atoms with E-state index < -0.39 is 10.8 Å². The number of aliphatic hydroxyl groups excluding tert-OH is 1. The number of aliphatic hydroxyl groups is 1. The van der Waals surface area contributed by atoms with E-state index >= 15 is 0 Å². The molecule has 0 fully saturated rings. The van der Waals surface area contributed by atoms with Crippen molar-refractivity contribution in [3.05, 3.63) is 0 Å². The van der Waals surface area contributed by atoms with Gasteiger partial charge in [-0.15, -0.1) is 0 Å². The molecule has 0 aromatic carbocycles. The van der Waals surface area contributed by atoms with Crippen LogP contribution in [-0.2, 0) is 10.8 Å². The standard InChI is InChI=1S/C8H19NO2S/c9-5-8-12(11)7-4-2-1-3-6-10/h10H,1-9H2. The van der Waals surface area contributed by atoms with Gasteiger partial charge in [0.05, 0.1) is 0 Å². The molecule has 3 N–H and O–H groups in total. The first-order valence-electron chi connectivity index (χ1n) is 4.47. The fourth-order valence-electron chi connectivity index (χ4n) is 0.962. The van der Waals surface area contributed by atoms with Crippen molar-refractivity contribution in [1.29, 1.82) is 0 Å². The Kier molecular flexibility index (Phi) is 9.21. The summed E-state index contributed by atoms with van der Waals surface area (Å²) in [6.07, 6.45) is 3.96. The molecule has 4 heteroatoms. The van der Waals surface area contributed by atoms with Crippen LogP contribution < -0.4 is 5.73 Å². The normalized spacial score (nSPS) is 13.2. The predicted octanol–water partition coefficient (Wildman–Crippen LogP) is 0.246. The SMILES string of the molecule is NCCS(=O)CCCCCCO. The predicted molar refractivity (Wildman–Crippen MR) is 52.5 cm³/mol. The Labute approximate surface area is 76.8 Å². The second kappa shape index (κ2) is 9.16. The molecule has 0 rings (SSSR count). The van der Waals surface area contributed by atoms with E-state index in [1.807, 2.05) is 0 Å². The lowest BCUT2D eigenvalue weighted by atomic mass is 10.2. The highest BCUT2D eigenvalue weighted by atomic mass is 32.2. The summed E-state index contributed by atoms with van der Waals surface area (Å²) < 4.78 is 11.1. The van der Waals surface area contributed by atoms with Crippen LogP contribution in [0.15, 0.2) is 0 Å². The summed E-state index contributed by atoms with van der Waals surface area (Å²) in [5.41, 5.74) is 5.26. The average Bonchev–Trinajstić information content (AvgIpc) is 2.05. The second-order valence-corrected chi connectivity index (χ2v) is 4.47. The number of nitrogens with two attached hydrogens (primary N) is 1. The Hall–Kier alpha value is 0.0700. The molecular formula is C8H19NO2S. The second-order valence-electron chi connectivity index (χ2n) is 2.77. The van der Waals surface area contributed by atoms with Crippen LogP contribution in [0.4, 0.5) is 0 Å². The zero-order valence-electron chi connectivity index (χ0n) is 7.50. The first kappa shape index (κ1) is 12.1. The topological polar surface area (TPSA) is 63.3 Å². The summed E-state index contributed by atoms with van der Waals surface area (Å²) in [5, 5.41) is 8.48. The summed E-state index contributed by atoms with van der Waals surface area (Å²) in [4.78, 5) is 0. The molecule has 12 heavy (non-hydrogen) atoms. The molecule has 0 saturated carbocycles. The van der Waals surface area contributed by atoms with E-state index in [0.717, 1.165) is 31.4 Å². The minimum atomic E-state index is -0.713. The minimum Gasteiger partial charge on any atom is -0.396 e. The Morgan fingerprint density at radius 2 is 1.75 bits per heavy atom. The first-order chi connectivity index (χ1) is 5.81. The fourth-order valence-corrected chi connectivity index (χ4v) is 1.96. The Morgan fingerprint density at radius 3 is 2.33 bits per heavy atom. The van der Waals surface area contributed by atoms with Crippen molar-refractivity contribution in [2.75, 3.05) is 24.7 Å². The van der Waals surface area contributed by atoms with Gasteiger partial charge >= 0.3 is 0 Å². The number of rotatable bonds is 8. The molecule has 1 unspecified atom stereocenters. The molecule has 0 radical (unpaired) electrons. The quantitative estimate of drug-likeness (QED) is 0.543. The van der Waals surface area contributed by atoms with Gasteiger partial charge in [0, 0.05) is 35.5 Å². The van der Waals surface area contributed by atoms with Crippen molar-refractivity contribution in [2.24, 2.45) is 5.73 Å². The molecule has 3 nitrogen and oxygen atoms in total. The van der Waals surface area contributed by atoms with Gasteiger partial charge in [-0.2, -0.15) is 0 Å². The zero-order chi connectivity index (χ0) is 9.23. The average molecular weight is 193 g/mol. The fraction of sp³-hybridized carbons (Fsp3) is 1.00. The van der Waals surface area contributed by atoms with Crippen LogP contribution in [0.1, 0.15) is 25.7 Å². The molecule has 0 aliphatic rings. The first-order valence-corrected chi connectivity index (χ1v) is 5.96. The third-order valence-electron chi connectivity index (χ3n) is 1.63. The smallest absolute Gasteiger partial charge is 0.0431 e. The van der Waals surface area contributed by atoms with Crippen molar-refractivity contribution in [3.8, 4) is 0 Å². The van der Waals surface area contributed by atoms with Gasteiger partial charge in [-0.1, -0.05) is 12.8 Å².